The van der Waals surface area contributed by atoms with E-state index >= 15 is 0 Å². The van der Waals surface area contributed by atoms with E-state index in [1.807, 2.05) is 19.1 Å². The Morgan fingerprint density at radius 1 is 1.29 bits per heavy atom. The Bertz CT molecular complexity index is 770. The molecule has 0 aliphatic rings. The fourth-order valence-electron chi connectivity index (χ4n) is 1.82. The van der Waals surface area contributed by atoms with Gasteiger partial charge in [-0.25, -0.2) is 4.79 Å². The molecule has 0 fully saturated rings. The number of hydrogen-bond acceptors (Lipinski definition) is 5. The van der Waals surface area contributed by atoms with Gasteiger partial charge in [0.25, 0.3) is 0 Å². The molecule has 1 N–H and O–H groups in total. The van der Waals surface area contributed by atoms with Gasteiger partial charge in [-0.15, -0.1) is 11.3 Å². The van der Waals surface area contributed by atoms with Crippen LogP contribution in [0.3, 0.4) is 0 Å². The second-order valence-electron chi connectivity index (χ2n) is 4.81. The van der Waals surface area contributed by atoms with E-state index in [1.165, 1.54) is 13.2 Å². The van der Waals surface area contributed by atoms with Gasteiger partial charge in [0.05, 0.1) is 10.9 Å². The Balaban J connectivity index is 1.95. The van der Waals surface area contributed by atoms with Crippen molar-refractivity contribution in [3.05, 3.63) is 50.6 Å². The second-order valence-corrected chi connectivity index (χ2v) is 7.30. The second kappa shape index (κ2) is 8.65. The molecular weight excluding hydrogens is 394 g/mol. The van der Waals surface area contributed by atoms with Crippen LogP contribution in [0.15, 0.2) is 40.2 Å². The quantitative estimate of drug-likeness (QED) is 0.577. The van der Waals surface area contributed by atoms with Crippen molar-refractivity contribution in [1.82, 2.24) is 0 Å². The van der Waals surface area contributed by atoms with Crippen molar-refractivity contribution in [3.63, 3.8) is 0 Å². The number of aryl methyl sites for hydroxylation is 1. The van der Waals surface area contributed by atoms with Gasteiger partial charge in [0.15, 0.2) is 6.61 Å². The SMILES string of the molecule is COC(=O)COc1ccc(NC(=O)/C=C/c2ccc(Br)s2)c(C)c1. The minimum absolute atomic E-state index is 0.152. The van der Waals surface area contributed by atoms with Crippen LogP contribution in [0.4, 0.5) is 5.69 Å². The average molecular weight is 410 g/mol. The van der Waals surface area contributed by atoms with Crippen LogP contribution < -0.4 is 10.1 Å². The summed E-state index contributed by atoms with van der Waals surface area (Å²) in [6, 6.07) is 9.02. The standard InChI is InChI=1S/C17H16BrNO4S/c1-11-9-12(23-10-17(21)22-2)3-6-14(11)19-16(20)8-5-13-4-7-15(18)24-13/h3-9H,10H2,1-2H3,(H,19,20)/b8-5+. The third-order valence-corrected chi connectivity index (χ3v) is 4.62. The van der Waals surface area contributed by atoms with E-state index in [0.29, 0.717) is 11.4 Å². The number of halogens is 1. The first-order chi connectivity index (χ1) is 11.5. The van der Waals surface area contributed by atoms with Crippen LogP contribution in [0.2, 0.25) is 0 Å². The molecule has 0 atom stereocenters. The van der Waals surface area contributed by atoms with Gasteiger partial charge in [-0.2, -0.15) is 0 Å². The van der Waals surface area contributed by atoms with E-state index in [0.717, 1.165) is 14.2 Å². The number of methoxy groups -OCH3 is 1. The summed E-state index contributed by atoms with van der Waals surface area (Å²) in [5, 5.41) is 2.81. The van der Waals surface area contributed by atoms with E-state index in [9.17, 15) is 9.59 Å². The van der Waals surface area contributed by atoms with E-state index in [2.05, 4.69) is 26.0 Å². The Labute approximate surface area is 152 Å². The van der Waals surface area contributed by atoms with Crippen molar-refractivity contribution >= 4 is 50.9 Å². The van der Waals surface area contributed by atoms with Gasteiger partial charge in [-0.05, 0) is 64.8 Å². The van der Waals surface area contributed by atoms with Gasteiger partial charge >= 0.3 is 5.97 Å². The topological polar surface area (TPSA) is 64.6 Å². The number of rotatable bonds is 6. The Morgan fingerprint density at radius 3 is 2.71 bits per heavy atom. The fourth-order valence-corrected chi connectivity index (χ4v) is 3.14. The molecule has 0 saturated carbocycles. The molecule has 24 heavy (non-hydrogen) atoms. The minimum Gasteiger partial charge on any atom is -0.482 e. The maximum Gasteiger partial charge on any atom is 0.343 e. The molecule has 2 aromatic rings. The van der Waals surface area contributed by atoms with E-state index < -0.39 is 5.97 Å². The molecule has 0 spiro atoms. The van der Waals surface area contributed by atoms with Gasteiger partial charge in [-0.3, -0.25) is 4.79 Å². The lowest BCUT2D eigenvalue weighted by molar-refractivity contribution is -0.142. The van der Waals surface area contributed by atoms with Crippen molar-refractivity contribution in [1.29, 1.82) is 0 Å². The summed E-state index contributed by atoms with van der Waals surface area (Å²) in [6.45, 7) is 1.70. The minimum atomic E-state index is -0.449. The third-order valence-electron chi connectivity index (χ3n) is 3.03. The van der Waals surface area contributed by atoms with E-state index in [-0.39, 0.29) is 12.5 Å². The Hall–Kier alpha value is -2.12. The van der Waals surface area contributed by atoms with Gasteiger partial charge in [0.1, 0.15) is 5.75 Å². The first kappa shape index (κ1) is 18.2. The third kappa shape index (κ3) is 5.50. The van der Waals surface area contributed by atoms with Crippen LogP contribution in [0.25, 0.3) is 6.08 Å². The zero-order chi connectivity index (χ0) is 17.5. The summed E-state index contributed by atoms with van der Waals surface area (Å²) in [5.74, 6) is -0.129. The average Bonchev–Trinajstić information content (AvgIpc) is 2.98. The highest BCUT2D eigenvalue weighted by molar-refractivity contribution is 9.11. The van der Waals surface area contributed by atoms with Crippen LogP contribution in [-0.4, -0.2) is 25.6 Å². The van der Waals surface area contributed by atoms with Crippen LogP contribution >= 0.6 is 27.3 Å². The van der Waals surface area contributed by atoms with Crippen LogP contribution in [0, 0.1) is 6.92 Å². The molecular formula is C17H16BrNO4S. The Morgan fingerprint density at radius 2 is 2.08 bits per heavy atom. The number of esters is 1. The molecule has 0 aliphatic carbocycles. The molecule has 2 rings (SSSR count). The van der Waals surface area contributed by atoms with Crippen LogP contribution in [-0.2, 0) is 14.3 Å². The smallest absolute Gasteiger partial charge is 0.343 e. The fraction of sp³-hybridized carbons (Fsp3) is 0.176. The van der Waals surface area contributed by atoms with Crippen molar-refractivity contribution in [2.75, 3.05) is 19.0 Å². The lowest BCUT2D eigenvalue weighted by atomic mass is 10.2. The van der Waals surface area contributed by atoms with Gasteiger partial charge in [-0.1, -0.05) is 0 Å². The molecule has 0 radical (unpaired) electrons. The molecule has 1 amide bonds. The monoisotopic (exact) mass is 409 g/mol. The molecule has 0 saturated heterocycles. The highest BCUT2D eigenvalue weighted by atomic mass is 79.9. The Kier molecular flexibility index (Phi) is 6.57. The van der Waals surface area contributed by atoms with Crippen LogP contribution in [0.5, 0.6) is 5.75 Å². The summed E-state index contributed by atoms with van der Waals surface area (Å²) >= 11 is 4.92. The normalized spacial score (nSPS) is 10.6. The predicted octanol–water partition coefficient (Wildman–Crippen LogP) is 4.02. The number of benzene rings is 1. The molecule has 0 unspecified atom stereocenters. The lowest BCUT2D eigenvalue weighted by Gasteiger charge is -2.10. The number of nitrogens with one attached hydrogen (secondary N) is 1. The largest absolute Gasteiger partial charge is 0.482 e. The maximum atomic E-state index is 12.0. The molecule has 0 bridgehead atoms. The van der Waals surface area contributed by atoms with Gasteiger partial charge < -0.3 is 14.8 Å². The number of anilines is 1. The van der Waals surface area contributed by atoms with Crippen molar-refractivity contribution in [2.24, 2.45) is 0 Å². The predicted molar refractivity (Wildman–Crippen MR) is 98.4 cm³/mol. The zero-order valence-corrected chi connectivity index (χ0v) is 15.6. The summed E-state index contributed by atoms with van der Waals surface area (Å²) in [7, 11) is 1.30. The van der Waals surface area contributed by atoms with Crippen molar-refractivity contribution in [2.45, 2.75) is 6.92 Å². The summed E-state index contributed by atoms with van der Waals surface area (Å²) in [5.41, 5.74) is 1.51. The molecule has 0 aliphatic heterocycles. The molecule has 5 nitrogen and oxygen atoms in total. The van der Waals surface area contributed by atoms with Crippen LogP contribution in [0.1, 0.15) is 10.4 Å². The highest BCUT2D eigenvalue weighted by Gasteiger charge is 2.06. The van der Waals surface area contributed by atoms with E-state index in [1.54, 1.807) is 35.6 Å². The molecule has 126 valence electrons. The molecule has 7 heteroatoms. The van der Waals surface area contributed by atoms with Crippen molar-refractivity contribution < 1.29 is 19.1 Å². The number of carbonyl (C=O) groups is 2. The van der Waals surface area contributed by atoms with Gasteiger partial charge in [0, 0.05) is 16.6 Å². The van der Waals surface area contributed by atoms with Crippen molar-refractivity contribution in [3.8, 4) is 5.75 Å². The molecule has 1 aromatic carbocycles. The number of carbonyl (C=O) groups excluding carboxylic acids is 2. The number of thiophene rings is 1. The molecule has 1 heterocycles. The summed E-state index contributed by atoms with van der Waals surface area (Å²) < 4.78 is 10.8. The molecule has 1 aromatic heterocycles. The number of amides is 1. The summed E-state index contributed by atoms with van der Waals surface area (Å²) in [6.07, 6.45) is 3.24. The first-order valence-corrected chi connectivity index (χ1v) is 8.63. The lowest BCUT2D eigenvalue weighted by Crippen LogP contribution is -2.13. The highest BCUT2D eigenvalue weighted by Crippen LogP contribution is 2.24. The first-order valence-electron chi connectivity index (χ1n) is 7.02. The zero-order valence-electron chi connectivity index (χ0n) is 13.2. The maximum absolute atomic E-state index is 12.0. The number of ether oxygens (including phenoxy) is 2. The van der Waals surface area contributed by atoms with Gasteiger partial charge in [0.2, 0.25) is 5.91 Å². The summed E-state index contributed by atoms with van der Waals surface area (Å²) in [4.78, 5) is 24.0. The van der Waals surface area contributed by atoms with E-state index in [4.69, 9.17) is 4.74 Å². The number of hydrogen-bond donors (Lipinski definition) is 1.